The molecule has 0 aromatic heterocycles. The minimum Gasteiger partial charge on any atom is -0.469 e. The van der Waals surface area contributed by atoms with E-state index in [1.807, 2.05) is 0 Å². The first-order valence-corrected chi connectivity index (χ1v) is 11.9. The number of Topliss-reactive ketones (excluding diaryl/α,β-unsaturated/α-hetero) is 2. The highest BCUT2D eigenvalue weighted by molar-refractivity contribution is 5.85. The largest absolute Gasteiger partial charge is 0.469 e. The number of ether oxygens (including phenoxy) is 2. The second kappa shape index (κ2) is 15.5. The molecule has 4 atom stereocenters. The highest BCUT2D eigenvalue weighted by atomic mass is 16.5. The zero-order chi connectivity index (χ0) is 23.9. The van der Waals surface area contributed by atoms with Crippen LogP contribution in [0.3, 0.4) is 0 Å². The first kappa shape index (κ1) is 27.8. The molecule has 180 valence electrons. The zero-order valence-electron chi connectivity index (χ0n) is 20.1. The van der Waals surface area contributed by atoms with Crippen molar-refractivity contribution in [3.05, 3.63) is 24.3 Å². The molecule has 2 rings (SSSR count). The van der Waals surface area contributed by atoms with E-state index in [2.05, 4.69) is 47.6 Å². The van der Waals surface area contributed by atoms with Crippen molar-refractivity contribution in [1.82, 2.24) is 0 Å². The van der Waals surface area contributed by atoms with Crippen molar-refractivity contribution < 1.29 is 28.7 Å². The van der Waals surface area contributed by atoms with Gasteiger partial charge in [0.2, 0.25) is 0 Å². The Morgan fingerprint density at radius 2 is 1.12 bits per heavy atom. The van der Waals surface area contributed by atoms with E-state index in [0.717, 1.165) is 38.5 Å². The Balaban J connectivity index is 0.000000320. The first-order chi connectivity index (χ1) is 15.4. The lowest BCUT2D eigenvalue weighted by atomic mass is 9.89. The molecule has 0 amide bonds. The molecule has 2 aliphatic rings. The Labute approximate surface area is 192 Å². The third kappa shape index (κ3) is 9.49. The van der Waals surface area contributed by atoms with Crippen molar-refractivity contribution in [3.63, 3.8) is 0 Å². The van der Waals surface area contributed by atoms with Gasteiger partial charge in [-0.3, -0.25) is 19.2 Å². The van der Waals surface area contributed by atoms with Crippen LogP contribution in [0.15, 0.2) is 24.3 Å². The number of carbonyl (C=O) groups excluding carboxylic acids is 4. The number of ketones is 2. The molecule has 0 heterocycles. The molecule has 6 nitrogen and oxygen atoms in total. The smallest absolute Gasteiger partial charge is 0.305 e. The van der Waals surface area contributed by atoms with Crippen LogP contribution in [0.4, 0.5) is 0 Å². The second-order valence-electron chi connectivity index (χ2n) is 8.53. The van der Waals surface area contributed by atoms with Crippen molar-refractivity contribution in [2.45, 2.75) is 78.1 Å². The van der Waals surface area contributed by atoms with E-state index in [9.17, 15) is 19.2 Å². The van der Waals surface area contributed by atoms with E-state index < -0.39 is 0 Å². The monoisotopic (exact) mass is 448 g/mol. The fourth-order valence-corrected chi connectivity index (χ4v) is 4.50. The van der Waals surface area contributed by atoms with Crippen molar-refractivity contribution in [2.75, 3.05) is 14.2 Å². The maximum Gasteiger partial charge on any atom is 0.305 e. The van der Waals surface area contributed by atoms with Gasteiger partial charge in [-0.25, -0.2) is 0 Å². The quantitative estimate of drug-likeness (QED) is 0.345. The van der Waals surface area contributed by atoms with Crippen molar-refractivity contribution >= 4 is 23.5 Å². The van der Waals surface area contributed by atoms with Crippen LogP contribution >= 0.6 is 0 Å². The molecule has 0 aromatic rings. The zero-order valence-corrected chi connectivity index (χ0v) is 20.1. The maximum atomic E-state index is 11.7. The lowest BCUT2D eigenvalue weighted by Crippen LogP contribution is -2.18. The molecule has 0 spiro atoms. The van der Waals surface area contributed by atoms with Gasteiger partial charge in [-0.15, -0.1) is 0 Å². The van der Waals surface area contributed by atoms with Crippen LogP contribution in [0.25, 0.3) is 0 Å². The van der Waals surface area contributed by atoms with Gasteiger partial charge >= 0.3 is 11.9 Å². The van der Waals surface area contributed by atoms with Gasteiger partial charge in [0.1, 0.15) is 11.6 Å². The second-order valence-corrected chi connectivity index (χ2v) is 8.53. The number of carbonyl (C=O) groups is 4. The number of hydrogen-bond acceptors (Lipinski definition) is 6. The Hall–Kier alpha value is -2.24. The lowest BCUT2D eigenvalue weighted by Gasteiger charge is -2.15. The van der Waals surface area contributed by atoms with Gasteiger partial charge in [-0.05, 0) is 50.4 Å². The fraction of sp³-hybridized carbons (Fsp3) is 0.692. The Morgan fingerprint density at radius 3 is 1.44 bits per heavy atom. The van der Waals surface area contributed by atoms with E-state index in [1.165, 1.54) is 14.2 Å². The Morgan fingerprint density at radius 1 is 0.750 bits per heavy atom. The van der Waals surface area contributed by atoms with Crippen molar-refractivity contribution in [2.24, 2.45) is 23.7 Å². The van der Waals surface area contributed by atoms with Crippen molar-refractivity contribution in [3.8, 4) is 0 Å². The van der Waals surface area contributed by atoms with Crippen LogP contribution in [0.2, 0.25) is 0 Å². The van der Waals surface area contributed by atoms with Crippen LogP contribution < -0.4 is 0 Å². The average Bonchev–Trinajstić information content (AvgIpc) is 3.31. The van der Waals surface area contributed by atoms with Crippen LogP contribution in [0.1, 0.15) is 78.1 Å². The highest BCUT2D eigenvalue weighted by Crippen LogP contribution is 2.35. The fourth-order valence-electron chi connectivity index (χ4n) is 4.50. The molecule has 2 fully saturated rings. The summed E-state index contributed by atoms with van der Waals surface area (Å²) in [5, 5.41) is 0. The van der Waals surface area contributed by atoms with Gasteiger partial charge in [-0.2, -0.15) is 0 Å². The van der Waals surface area contributed by atoms with Crippen LogP contribution in [-0.2, 0) is 28.7 Å². The number of methoxy groups -OCH3 is 2. The summed E-state index contributed by atoms with van der Waals surface area (Å²) in [6.07, 6.45) is 15.4. The van der Waals surface area contributed by atoms with Gasteiger partial charge in [0, 0.05) is 37.5 Å². The molecular formula is C26H40O6. The Kier molecular flexibility index (Phi) is 13.5. The van der Waals surface area contributed by atoms with E-state index in [1.54, 1.807) is 0 Å². The summed E-state index contributed by atoms with van der Waals surface area (Å²) >= 11 is 0. The topological polar surface area (TPSA) is 86.7 Å². The summed E-state index contributed by atoms with van der Waals surface area (Å²) in [7, 11) is 2.79. The highest BCUT2D eigenvalue weighted by Gasteiger charge is 2.35. The average molecular weight is 449 g/mol. The molecule has 2 aliphatic carbocycles. The predicted octanol–water partition coefficient (Wildman–Crippen LogP) is 5.00. The summed E-state index contributed by atoms with van der Waals surface area (Å²) in [5.74, 6) is 0.615. The molecule has 0 unspecified atom stereocenters. The number of hydrogen-bond donors (Lipinski definition) is 0. The summed E-state index contributed by atoms with van der Waals surface area (Å²) in [6.45, 7) is 4.14. The first-order valence-electron chi connectivity index (χ1n) is 11.9. The number of allylic oxidation sites excluding steroid dienone is 4. The standard InChI is InChI=1S/2C13H20O3/c2*1-3-4-5-6-11-10(7-8-12(11)14)9-13(15)16-2/h2*4-5,10-11H,3,6-9H2,1-2H3/b2*5-4-/t2*10-,11-/m11/s1. The van der Waals surface area contributed by atoms with Gasteiger partial charge in [-0.1, -0.05) is 38.2 Å². The third-order valence-corrected chi connectivity index (χ3v) is 6.39. The molecule has 0 aliphatic heterocycles. The van der Waals surface area contributed by atoms with Gasteiger partial charge in [0.15, 0.2) is 0 Å². The van der Waals surface area contributed by atoms with Gasteiger partial charge in [0.05, 0.1) is 14.2 Å². The van der Waals surface area contributed by atoms with Gasteiger partial charge in [0.25, 0.3) is 0 Å². The Bertz CT molecular complexity index is 620. The maximum absolute atomic E-state index is 11.7. The van der Waals surface area contributed by atoms with Crippen LogP contribution in [0.5, 0.6) is 0 Å². The molecule has 6 heteroatoms. The van der Waals surface area contributed by atoms with E-state index in [-0.39, 0.29) is 35.6 Å². The molecular weight excluding hydrogens is 408 g/mol. The lowest BCUT2D eigenvalue weighted by molar-refractivity contribution is -0.143. The van der Waals surface area contributed by atoms with Crippen molar-refractivity contribution in [1.29, 1.82) is 0 Å². The summed E-state index contributed by atoms with van der Waals surface area (Å²) in [5.41, 5.74) is 0. The molecule has 0 radical (unpaired) electrons. The normalized spacial score (nSPS) is 25.2. The minimum absolute atomic E-state index is 0.0295. The summed E-state index contributed by atoms with van der Waals surface area (Å²) < 4.78 is 9.31. The van der Waals surface area contributed by atoms with E-state index in [0.29, 0.717) is 37.2 Å². The van der Waals surface area contributed by atoms with E-state index in [4.69, 9.17) is 0 Å². The van der Waals surface area contributed by atoms with Crippen LogP contribution in [0, 0.1) is 23.7 Å². The minimum atomic E-state index is -0.204. The molecule has 0 N–H and O–H groups in total. The number of esters is 2. The predicted molar refractivity (Wildman–Crippen MR) is 124 cm³/mol. The summed E-state index contributed by atoms with van der Waals surface area (Å²) in [4.78, 5) is 45.7. The SMILES string of the molecule is CC/C=C\C[C@H]1C(=O)CC[C@@H]1CC(=O)OC.CC/C=C\C[C@H]1C(=O)CC[C@@H]1CC(=O)OC. The molecule has 2 saturated carbocycles. The molecule has 0 bridgehead atoms. The molecule has 0 saturated heterocycles. The molecule has 32 heavy (non-hydrogen) atoms. The number of rotatable bonds is 10. The molecule has 0 aromatic carbocycles. The third-order valence-electron chi connectivity index (χ3n) is 6.39. The van der Waals surface area contributed by atoms with Crippen LogP contribution in [-0.4, -0.2) is 37.7 Å². The van der Waals surface area contributed by atoms with E-state index >= 15 is 0 Å². The van der Waals surface area contributed by atoms with Gasteiger partial charge < -0.3 is 9.47 Å². The summed E-state index contributed by atoms with van der Waals surface area (Å²) in [6, 6.07) is 0.